The maximum absolute atomic E-state index is 12.2. The second kappa shape index (κ2) is 5.01. The number of carbonyl (C=O) groups is 1. The number of hydrogen-bond donors (Lipinski definition) is 1. The van der Waals surface area contributed by atoms with E-state index in [4.69, 9.17) is 4.74 Å². The van der Waals surface area contributed by atoms with Gasteiger partial charge in [0.25, 0.3) is 0 Å². The van der Waals surface area contributed by atoms with Crippen molar-refractivity contribution in [3.05, 3.63) is 35.1 Å². The van der Waals surface area contributed by atoms with E-state index in [1.165, 1.54) is 0 Å². The summed E-state index contributed by atoms with van der Waals surface area (Å²) in [6, 6.07) is 0. The van der Waals surface area contributed by atoms with Crippen molar-refractivity contribution in [3.8, 4) is 0 Å². The molecule has 0 aromatic rings. The fourth-order valence-electron chi connectivity index (χ4n) is 2.77. The number of rotatable bonds is 3. The first-order chi connectivity index (χ1) is 8.64. The Kier molecular flexibility index (Phi) is 3.60. The minimum Gasteiger partial charge on any atom is -0.501 e. The van der Waals surface area contributed by atoms with Crippen LogP contribution in [0.5, 0.6) is 0 Å². The standard InChI is InChI=1S/C15H21NO2/c1-11-10-12(6-4-7-13(11)18-3)15(8-5-9-15)14(17)16-2/h4,6,10H,5,7-9H2,1-3H3,(H,16,17). The Bertz CT molecular complexity index is 439. The Labute approximate surface area is 109 Å². The van der Waals surface area contributed by atoms with Crippen LogP contribution in [0.25, 0.3) is 0 Å². The maximum atomic E-state index is 12.2. The van der Waals surface area contributed by atoms with Gasteiger partial charge in [0.05, 0.1) is 12.5 Å². The third-order valence-electron chi connectivity index (χ3n) is 4.08. The Morgan fingerprint density at radius 2 is 2.17 bits per heavy atom. The summed E-state index contributed by atoms with van der Waals surface area (Å²) < 4.78 is 5.37. The van der Waals surface area contributed by atoms with Crippen LogP contribution in [0.1, 0.15) is 32.6 Å². The molecule has 2 rings (SSSR count). The molecule has 0 aliphatic heterocycles. The Morgan fingerprint density at radius 1 is 1.44 bits per heavy atom. The predicted octanol–water partition coefficient (Wildman–Crippen LogP) is 2.71. The molecule has 1 N–H and O–H groups in total. The molecule has 0 aromatic carbocycles. The summed E-state index contributed by atoms with van der Waals surface area (Å²) in [6.07, 6.45) is 10.1. The van der Waals surface area contributed by atoms with Crippen LogP contribution in [0.2, 0.25) is 0 Å². The number of methoxy groups -OCH3 is 1. The molecule has 2 aliphatic rings. The molecular formula is C15H21NO2. The zero-order chi connectivity index (χ0) is 13.2. The number of amides is 1. The van der Waals surface area contributed by atoms with Gasteiger partial charge in [-0.15, -0.1) is 0 Å². The van der Waals surface area contributed by atoms with Crippen molar-refractivity contribution in [1.82, 2.24) is 5.32 Å². The van der Waals surface area contributed by atoms with Gasteiger partial charge in [0.1, 0.15) is 5.76 Å². The first-order valence-corrected chi connectivity index (χ1v) is 6.48. The van der Waals surface area contributed by atoms with Gasteiger partial charge in [0.15, 0.2) is 0 Å². The van der Waals surface area contributed by atoms with Crippen molar-refractivity contribution in [2.75, 3.05) is 14.2 Å². The molecule has 3 nitrogen and oxygen atoms in total. The molecule has 0 saturated heterocycles. The van der Waals surface area contributed by atoms with Crippen LogP contribution in [0.3, 0.4) is 0 Å². The second-order valence-corrected chi connectivity index (χ2v) is 5.03. The first-order valence-electron chi connectivity index (χ1n) is 6.48. The topological polar surface area (TPSA) is 38.3 Å². The molecule has 0 bridgehead atoms. The SMILES string of the molecule is CNC(=O)C1(C2=CC(C)=C(OC)CC=C2)CCC1. The van der Waals surface area contributed by atoms with Gasteiger partial charge in [-0.2, -0.15) is 0 Å². The minimum absolute atomic E-state index is 0.137. The molecular weight excluding hydrogens is 226 g/mol. The zero-order valence-corrected chi connectivity index (χ0v) is 11.4. The number of ether oxygens (including phenoxy) is 1. The number of hydrogen-bond acceptors (Lipinski definition) is 2. The lowest BCUT2D eigenvalue weighted by molar-refractivity contribution is -0.132. The summed E-state index contributed by atoms with van der Waals surface area (Å²) in [4.78, 5) is 12.2. The van der Waals surface area contributed by atoms with Gasteiger partial charge < -0.3 is 10.1 Å². The molecule has 0 atom stereocenters. The number of nitrogens with one attached hydrogen (secondary N) is 1. The maximum Gasteiger partial charge on any atom is 0.230 e. The fourth-order valence-corrected chi connectivity index (χ4v) is 2.77. The normalized spacial score (nSPS) is 21.8. The lowest BCUT2D eigenvalue weighted by Crippen LogP contribution is -2.45. The highest BCUT2D eigenvalue weighted by Gasteiger charge is 2.45. The van der Waals surface area contributed by atoms with Crippen molar-refractivity contribution in [1.29, 1.82) is 0 Å². The van der Waals surface area contributed by atoms with E-state index in [0.29, 0.717) is 0 Å². The molecule has 2 aliphatic carbocycles. The summed E-state index contributed by atoms with van der Waals surface area (Å²) >= 11 is 0. The second-order valence-electron chi connectivity index (χ2n) is 5.03. The smallest absolute Gasteiger partial charge is 0.230 e. The molecule has 1 fully saturated rings. The predicted molar refractivity (Wildman–Crippen MR) is 71.9 cm³/mol. The highest BCUT2D eigenvalue weighted by molar-refractivity contribution is 5.87. The highest BCUT2D eigenvalue weighted by atomic mass is 16.5. The largest absolute Gasteiger partial charge is 0.501 e. The number of allylic oxidation sites excluding steroid dienone is 4. The lowest BCUT2D eigenvalue weighted by atomic mass is 9.63. The lowest BCUT2D eigenvalue weighted by Gasteiger charge is -2.41. The van der Waals surface area contributed by atoms with Crippen LogP contribution in [-0.2, 0) is 9.53 Å². The number of carbonyl (C=O) groups excluding carboxylic acids is 1. The molecule has 98 valence electrons. The third-order valence-corrected chi connectivity index (χ3v) is 4.08. The van der Waals surface area contributed by atoms with E-state index in [0.717, 1.165) is 42.6 Å². The van der Waals surface area contributed by atoms with Crippen LogP contribution in [-0.4, -0.2) is 20.1 Å². The summed E-state index contributed by atoms with van der Waals surface area (Å²) in [5, 5.41) is 2.80. The summed E-state index contributed by atoms with van der Waals surface area (Å²) in [6.45, 7) is 2.04. The molecule has 18 heavy (non-hydrogen) atoms. The minimum atomic E-state index is -0.310. The quantitative estimate of drug-likeness (QED) is 0.832. The van der Waals surface area contributed by atoms with Crippen molar-refractivity contribution in [3.63, 3.8) is 0 Å². The van der Waals surface area contributed by atoms with Gasteiger partial charge in [-0.05, 0) is 30.9 Å². The van der Waals surface area contributed by atoms with E-state index in [2.05, 4.69) is 23.5 Å². The molecule has 0 heterocycles. The van der Waals surface area contributed by atoms with Crippen LogP contribution < -0.4 is 5.32 Å². The van der Waals surface area contributed by atoms with Gasteiger partial charge in [0.2, 0.25) is 5.91 Å². The van der Waals surface area contributed by atoms with Gasteiger partial charge in [-0.1, -0.05) is 24.6 Å². The Balaban J connectivity index is 2.38. The summed E-state index contributed by atoms with van der Waals surface area (Å²) in [5.74, 6) is 1.12. The van der Waals surface area contributed by atoms with Gasteiger partial charge >= 0.3 is 0 Å². The van der Waals surface area contributed by atoms with E-state index in [-0.39, 0.29) is 11.3 Å². The Morgan fingerprint density at radius 3 is 2.67 bits per heavy atom. The molecule has 1 saturated carbocycles. The monoisotopic (exact) mass is 247 g/mol. The van der Waals surface area contributed by atoms with E-state index in [9.17, 15) is 4.79 Å². The van der Waals surface area contributed by atoms with Crippen molar-refractivity contribution in [2.24, 2.45) is 5.41 Å². The van der Waals surface area contributed by atoms with Crippen molar-refractivity contribution in [2.45, 2.75) is 32.6 Å². The fraction of sp³-hybridized carbons (Fsp3) is 0.533. The van der Waals surface area contributed by atoms with E-state index >= 15 is 0 Å². The van der Waals surface area contributed by atoms with Crippen LogP contribution in [0, 0.1) is 5.41 Å². The first kappa shape index (κ1) is 12.9. The molecule has 1 amide bonds. The zero-order valence-electron chi connectivity index (χ0n) is 11.4. The molecule has 0 aromatic heterocycles. The molecule has 0 spiro atoms. The molecule has 0 radical (unpaired) electrons. The summed E-state index contributed by atoms with van der Waals surface area (Å²) in [7, 11) is 3.41. The average molecular weight is 247 g/mol. The van der Waals surface area contributed by atoms with Crippen LogP contribution >= 0.6 is 0 Å². The average Bonchev–Trinajstić information content (AvgIpc) is 2.49. The van der Waals surface area contributed by atoms with E-state index in [1.807, 2.05) is 6.92 Å². The van der Waals surface area contributed by atoms with Crippen molar-refractivity contribution < 1.29 is 9.53 Å². The van der Waals surface area contributed by atoms with E-state index < -0.39 is 0 Å². The Hall–Kier alpha value is -1.51. The third kappa shape index (κ3) is 1.98. The van der Waals surface area contributed by atoms with Gasteiger partial charge in [-0.25, -0.2) is 0 Å². The van der Waals surface area contributed by atoms with Gasteiger partial charge in [-0.3, -0.25) is 4.79 Å². The van der Waals surface area contributed by atoms with Crippen LogP contribution in [0.4, 0.5) is 0 Å². The van der Waals surface area contributed by atoms with Crippen LogP contribution in [0.15, 0.2) is 35.1 Å². The highest BCUT2D eigenvalue weighted by Crippen LogP contribution is 2.48. The summed E-state index contributed by atoms with van der Waals surface area (Å²) in [5.41, 5.74) is 1.93. The molecule has 0 unspecified atom stereocenters. The van der Waals surface area contributed by atoms with E-state index in [1.54, 1.807) is 14.2 Å². The molecule has 3 heteroatoms. The van der Waals surface area contributed by atoms with Gasteiger partial charge in [0, 0.05) is 13.5 Å². The van der Waals surface area contributed by atoms with Crippen molar-refractivity contribution >= 4 is 5.91 Å².